The molecule has 0 aliphatic heterocycles. The average Bonchev–Trinajstić information content (AvgIpc) is 2.11. The standard InChI is InChI=1S/C7H16ClO5P/c1-2-3-4-7(8)13-14(10,11)12-6-5-9/h7,9H,2-6H2,1H3,(H,10,11). The number of phosphoric acid groups is 1. The van der Waals surface area contributed by atoms with Crippen LogP contribution >= 0.6 is 19.4 Å². The van der Waals surface area contributed by atoms with Gasteiger partial charge in [0.05, 0.1) is 13.2 Å². The van der Waals surface area contributed by atoms with E-state index in [0.29, 0.717) is 6.42 Å². The van der Waals surface area contributed by atoms with E-state index in [4.69, 9.17) is 21.6 Å². The summed E-state index contributed by atoms with van der Waals surface area (Å²) >= 11 is 5.63. The first-order chi connectivity index (χ1) is 6.52. The van der Waals surface area contributed by atoms with Gasteiger partial charge in [0.15, 0.2) is 0 Å². The van der Waals surface area contributed by atoms with Gasteiger partial charge in [-0.15, -0.1) is 0 Å². The van der Waals surface area contributed by atoms with Crippen LogP contribution in [0, 0.1) is 0 Å². The molecule has 0 aromatic heterocycles. The van der Waals surface area contributed by atoms with E-state index in [-0.39, 0.29) is 13.2 Å². The van der Waals surface area contributed by atoms with Crippen LogP contribution in [-0.2, 0) is 13.6 Å². The molecular formula is C7H16ClO5P. The highest BCUT2D eigenvalue weighted by Crippen LogP contribution is 2.45. The van der Waals surface area contributed by atoms with Crippen molar-refractivity contribution >= 4 is 19.4 Å². The molecule has 86 valence electrons. The minimum atomic E-state index is -4.10. The second-order valence-corrected chi connectivity index (χ2v) is 4.58. The van der Waals surface area contributed by atoms with Gasteiger partial charge in [-0.25, -0.2) is 4.57 Å². The minimum absolute atomic E-state index is 0.245. The Morgan fingerprint density at radius 3 is 2.71 bits per heavy atom. The number of aliphatic hydroxyl groups is 1. The summed E-state index contributed by atoms with van der Waals surface area (Å²) in [5, 5.41) is 8.36. The Balaban J connectivity index is 3.76. The van der Waals surface area contributed by atoms with Crippen molar-refractivity contribution in [3.8, 4) is 0 Å². The van der Waals surface area contributed by atoms with Gasteiger partial charge >= 0.3 is 7.82 Å². The summed E-state index contributed by atoms with van der Waals surface area (Å²) in [6.07, 6.45) is 2.24. The zero-order valence-electron chi connectivity index (χ0n) is 8.06. The third kappa shape index (κ3) is 7.74. The Hall–Kier alpha value is 0.360. The molecule has 0 rings (SSSR count). The number of unbranched alkanes of at least 4 members (excludes halogenated alkanes) is 1. The summed E-state index contributed by atoms with van der Waals surface area (Å²) in [5.41, 5.74) is -0.829. The van der Waals surface area contributed by atoms with Crippen LogP contribution in [0.2, 0.25) is 0 Å². The third-order valence-electron chi connectivity index (χ3n) is 1.38. The first-order valence-electron chi connectivity index (χ1n) is 4.42. The highest BCUT2D eigenvalue weighted by molar-refractivity contribution is 7.47. The first kappa shape index (κ1) is 14.4. The van der Waals surface area contributed by atoms with Gasteiger partial charge < -0.3 is 10.00 Å². The van der Waals surface area contributed by atoms with Crippen molar-refractivity contribution in [1.82, 2.24) is 0 Å². The molecule has 0 fully saturated rings. The van der Waals surface area contributed by atoms with Crippen molar-refractivity contribution in [2.24, 2.45) is 0 Å². The van der Waals surface area contributed by atoms with E-state index in [2.05, 4.69) is 9.05 Å². The maximum Gasteiger partial charge on any atom is 0.473 e. The lowest BCUT2D eigenvalue weighted by molar-refractivity contribution is 0.112. The van der Waals surface area contributed by atoms with Crippen LogP contribution in [0.1, 0.15) is 26.2 Å². The van der Waals surface area contributed by atoms with Gasteiger partial charge in [-0.05, 0) is 12.8 Å². The Labute approximate surface area is 88.6 Å². The fraction of sp³-hybridized carbons (Fsp3) is 1.00. The van der Waals surface area contributed by atoms with Gasteiger partial charge in [0, 0.05) is 0 Å². The zero-order valence-corrected chi connectivity index (χ0v) is 9.71. The minimum Gasteiger partial charge on any atom is -0.394 e. The largest absolute Gasteiger partial charge is 0.473 e. The summed E-state index contributed by atoms with van der Waals surface area (Å²) in [7, 11) is -4.10. The van der Waals surface area contributed by atoms with Crippen LogP contribution in [0.3, 0.4) is 0 Å². The van der Waals surface area contributed by atoms with Gasteiger partial charge in [-0.2, -0.15) is 0 Å². The molecule has 2 atom stereocenters. The lowest BCUT2D eigenvalue weighted by Crippen LogP contribution is -2.06. The zero-order chi connectivity index (χ0) is 11.0. The van der Waals surface area contributed by atoms with E-state index < -0.39 is 13.4 Å². The van der Waals surface area contributed by atoms with Crippen LogP contribution in [0.15, 0.2) is 0 Å². The number of hydrogen-bond donors (Lipinski definition) is 2. The fourth-order valence-electron chi connectivity index (χ4n) is 0.748. The van der Waals surface area contributed by atoms with Gasteiger partial charge in [0.2, 0.25) is 0 Å². The SMILES string of the molecule is CCCCC(Cl)OP(=O)(O)OCCO. The number of halogens is 1. The molecule has 0 amide bonds. The summed E-state index contributed by atoms with van der Waals surface area (Å²) in [5.74, 6) is 0. The second-order valence-electron chi connectivity index (χ2n) is 2.68. The van der Waals surface area contributed by atoms with Gasteiger partial charge in [0.1, 0.15) is 5.56 Å². The maximum atomic E-state index is 11.1. The average molecular weight is 247 g/mol. The summed E-state index contributed by atoms with van der Waals surface area (Å²) in [4.78, 5) is 9.03. The molecule has 0 aromatic carbocycles. The second kappa shape index (κ2) is 7.63. The number of hydrogen-bond acceptors (Lipinski definition) is 4. The lowest BCUT2D eigenvalue weighted by Gasteiger charge is -2.15. The van der Waals surface area contributed by atoms with E-state index >= 15 is 0 Å². The third-order valence-corrected chi connectivity index (χ3v) is 2.84. The maximum absolute atomic E-state index is 11.1. The highest BCUT2D eigenvalue weighted by atomic mass is 35.5. The van der Waals surface area contributed by atoms with E-state index in [1.54, 1.807) is 0 Å². The molecule has 7 heteroatoms. The molecule has 5 nitrogen and oxygen atoms in total. The normalized spacial score (nSPS) is 17.7. The molecule has 14 heavy (non-hydrogen) atoms. The van der Waals surface area contributed by atoms with Crippen LogP contribution in [-0.4, -0.2) is 28.8 Å². The topological polar surface area (TPSA) is 76.0 Å². The van der Waals surface area contributed by atoms with E-state index in [1.807, 2.05) is 6.92 Å². The molecule has 2 N–H and O–H groups in total. The van der Waals surface area contributed by atoms with Crippen molar-refractivity contribution in [2.75, 3.05) is 13.2 Å². The Morgan fingerprint density at radius 2 is 2.21 bits per heavy atom. The molecular weight excluding hydrogens is 230 g/mol. The number of phosphoric ester groups is 1. The molecule has 2 unspecified atom stereocenters. The predicted octanol–water partition coefficient (Wildman–Crippen LogP) is 1.87. The number of aliphatic hydroxyl groups excluding tert-OH is 1. The molecule has 0 saturated heterocycles. The van der Waals surface area contributed by atoms with Gasteiger partial charge in [0.25, 0.3) is 0 Å². The number of rotatable bonds is 8. The summed E-state index contributed by atoms with van der Waals surface area (Å²) < 4.78 is 20.0. The summed E-state index contributed by atoms with van der Waals surface area (Å²) in [6.45, 7) is 1.39. The van der Waals surface area contributed by atoms with E-state index in [1.165, 1.54) is 0 Å². The van der Waals surface area contributed by atoms with Crippen LogP contribution in [0.4, 0.5) is 0 Å². The molecule has 0 aliphatic rings. The Kier molecular flexibility index (Phi) is 7.82. The highest BCUT2D eigenvalue weighted by Gasteiger charge is 2.24. The predicted molar refractivity (Wildman–Crippen MR) is 53.1 cm³/mol. The quantitative estimate of drug-likeness (QED) is 0.505. The summed E-state index contributed by atoms with van der Waals surface area (Å²) in [6, 6.07) is 0. The molecule has 0 aliphatic carbocycles. The van der Waals surface area contributed by atoms with Crippen molar-refractivity contribution in [3.05, 3.63) is 0 Å². The fourth-order valence-corrected chi connectivity index (χ4v) is 1.97. The van der Waals surface area contributed by atoms with Crippen LogP contribution < -0.4 is 0 Å². The van der Waals surface area contributed by atoms with Crippen LogP contribution in [0.25, 0.3) is 0 Å². The molecule has 0 heterocycles. The van der Waals surface area contributed by atoms with Crippen LogP contribution in [0.5, 0.6) is 0 Å². The monoisotopic (exact) mass is 246 g/mol. The molecule has 0 bridgehead atoms. The molecule has 0 aromatic rings. The Morgan fingerprint density at radius 1 is 1.57 bits per heavy atom. The Bertz CT molecular complexity index is 189. The molecule has 0 spiro atoms. The van der Waals surface area contributed by atoms with Crippen molar-refractivity contribution in [3.63, 3.8) is 0 Å². The van der Waals surface area contributed by atoms with Crippen molar-refractivity contribution in [1.29, 1.82) is 0 Å². The van der Waals surface area contributed by atoms with Crippen molar-refractivity contribution < 1.29 is 23.6 Å². The molecule has 0 radical (unpaired) electrons. The van der Waals surface area contributed by atoms with Gasteiger partial charge in [-0.3, -0.25) is 9.05 Å². The van der Waals surface area contributed by atoms with Crippen molar-refractivity contribution in [2.45, 2.75) is 31.7 Å². The first-order valence-corrected chi connectivity index (χ1v) is 6.35. The molecule has 0 saturated carbocycles. The lowest BCUT2D eigenvalue weighted by atomic mass is 10.3. The number of alkyl halides is 1. The van der Waals surface area contributed by atoms with Gasteiger partial charge in [-0.1, -0.05) is 24.9 Å². The van der Waals surface area contributed by atoms with E-state index in [0.717, 1.165) is 12.8 Å². The van der Waals surface area contributed by atoms with E-state index in [9.17, 15) is 4.57 Å². The smallest absolute Gasteiger partial charge is 0.394 e.